The molecule has 2 saturated heterocycles. The van der Waals surface area contributed by atoms with Crippen LogP contribution < -0.4 is 20.7 Å². The van der Waals surface area contributed by atoms with Crippen LogP contribution >= 0.6 is 22.9 Å². The van der Waals surface area contributed by atoms with Crippen LogP contribution in [-0.2, 0) is 0 Å². The Kier molecular flexibility index (Phi) is 6.28. The van der Waals surface area contributed by atoms with Crippen LogP contribution in [0.3, 0.4) is 0 Å². The Morgan fingerprint density at radius 2 is 2.03 bits per heavy atom. The van der Waals surface area contributed by atoms with Gasteiger partial charge in [0.2, 0.25) is 0 Å². The number of piperazine rings is 1. The van der Waals surface area contributed by atoms with Gasteiger partial charge < -0.3 is 25.6 Å². The van der Waals surface area contributed by atoms with Crippen molar-refractivity contribution < 1.29 is 9.13 Å². The largest absolute Gasteiger partial charge is 0.463 e. The first kappa shape index (κ1) is 23.6. The number of fused-ring (bicyclic) bond motifs is 2. The number of nitrogens with two attached hydrogens (primary N) is 1. The van der Waals surface area contributed by atoms with Crippen molar-refractivity contribution in [3.63, 3.8) is 0 Å². The Balaban J connectivity index is 1.49. The number of para-hydroxylation sites is 1. The van der Waals surface area contributed by atoms with Crippen molar-refractivity contribution in [3.8, 4) is 17.1 Å². The van der Waals surface area contributed by atoms with E-state index in [0.29, 0.717) is 39.9 Å². The highest BCUT2D eigenvalue weighted by molar-refractivity contribution is 7.22. The molecule has 3 N–H and O–H groups in total. The van der Waals surface area contributed by atoms with E-state index in [9.17, 15) is 0 Å². The number of rotatable bonds is 5. The lowest BCUT2D eigenvalue weighted by Crippen LogP contribution is -2.44. The van der Waals surface area contributed by atoms with Crippen LogP contribution in [0, 0.1) is 11.7 Å². The fourth-order valence-electron chi connectivity index (χ4n) is 5.11. The molecule has 0 unspecified atom stereocenters. The van der Waals surface area contributed by atoms with Crippen LogP contribution in [0.2, 0.25) is 5.02 Å². The van der Waals surface area contributed by atoms with E-state index in [0.717, 1.165) is 50.4 Å². The lowest BCUT2D eigenvalue weighted by molar-refractivity contribution is 0.233. The minimum Gasteiger partial charge on any atom is -0.463 e. The van der Waals surface area contributed by atoms with Gasteiger partial charge in [0.25, 0.3) is 0 Å². The molecule has 2 aromatic heterocycles. The van der Waals surface area contributed by atoms with Crippen molar-refractivity contribution in [3.05, 3.63) is 35.1 Å². The Morgan fingerprint density at radius 1 is 1.19 bits per heavy atom. The molecule has 4 heterocycles. The number of likely N-dealkylation sites (tertiary alicyclic amines) is 1. The molecule has 0 amide bonds. The second-order valence-corrected chi connectivity index (χ2v) is 10.9. The molecule has 0 spiro atoms. The van der Waals surface area contributed by atoms with Crippen molar-refractivity contribution in [2.45, 2.75) is 6.42 Å². The summed E-state index contributed by atoms with van der Waals surface area (Å²) in [6.45, 7) is 5.63. The number of hydrogen-bond donors (Lipinski definition) is 2. The van der Waals surface area contributed by atoms with Crippen LogP contribution in [0.4, 0.5) is 15.3 Å². The number of nitrogens with zero attached hydrogens (tertiary/aromatic N) is 5. The SMILES string of the molecule is CN1CC[C@@H](COc2nc(N3CCNCC3)c3cc(Cl)c(-c4cccc5sc(N)nc45)c(F)c3n2)C1. The Bertz CT molecular complexity index is 1440. The van der Waals surface area contributed by atoms with Gasteiger partial charge in [-0.2, -0.15) is 9.97 Å². The zero-order valence-electron chi connectivity index (χ0n) is 19.9. The first-order valence-corrected chi connectivity index (χ1v) is 13.3. The van der Waals surface area contributed by atoms with Crippen LogP contribution in [0.5, 0.6) is 6.01 Å². The molecule has 0 bridgehead atoms. The summed E-state index contributed by atoms with van der Waals surface area (Å²) in [5.74, 6) is 0.527. The topological polar surface area (TPSA) is 92.4 Å². The first-order chi connectivity index (χ1) is 17.5. The minimum atomic E-state index is -0.513. The number of nitrogen functional groups attached to an aromatic ring is 1. The standard InChI is InChI=1S/C25H27ClFN7OS/c1-33-8-5-14(12-33)13-35-25-31-22-16(23(32-25)34-9-6-29-7-10-34)11-17(26)19(20(22)27)15-3-2-4-18-21(15)30-24(28)36-18/h2-4,11,14,29H,5-10,12-13H2,1H3,(H2,28,30)/t14-/m1/s1. The highest BCUT2D eigenvalue weighted by Crippen LogP contribution is 2.42. The van der Waals surface area contributed by atoms with Gasteiger partial charge in [0.15, 0.2) is 10.9 Å². The number of thiazole rings is 1. The third-order valence-electron chi connectivity index (χ3n) is 6.90. The average molecular weight is 528 g/mol. The predicted molar refractivity (Wildman–Crippen MR) is 144 cm³/mol. The van der Waals surface area contributed by atoms with E-state index >= 15 is 4.39 Å². The van der Waals surface area contributed by atoms with Crippen LogP contribution in [0.15, 0.2) is 24.3 Å². The summed E-state index contributed by atoms with van der Waals surface area (Å²) >= 11 is 8.10. The quantitative estimate of drug-likeness (QED) is 0.402. The van der Waals surface area contributed by atoms with Crippen molar-refractivity contribution in [1.82, 2.24) is 25.2 Å². The summed E-state index contributed by atoms with van der Waals surface area (Å²) in [4.78, 5) is 18.1. The second-order valence-electron chi connectivity index (χ2n) is 9.44. The maximum atomic E-state index is 16.3. The normalized spacial score (nSPS) is 19.0. The van der Waals surface area contributed by atoms with Crippen LogP contribution in [0.1, 0.15) is 6.42 Å². The molecule has 2 aliphatic rings. The predicted octanol–water partition coefficient (Wildman–Crippen LogP) is 4.02. The molecule has 188 valence electrons. The lowest BCUT2D eigenvalue weighted by atomic mass is 10.0. The molecular formula is C25H27ClFN7OS. The molecule has 2 aliphatic heterocycles. The van der Waals surface area contributed by atoms with Gasteiger partial charge in [-0.25, -0.2) is 9.37 Å². The van der Waals surface area contributed by atoms with Crippen LogP contribution in [-0.4, -0.2) is 72.8 Å². The number of hydrogen-bond acceptors (Lipinski definition) is 9. The summed E-state index contributed by atoms with van der Waals surface area (Å²) in [5, 5.41) is 4.62. The summed E-state index contributed by atoms with van der Waals surface area (Å²) in [6.07, 6.45) is 1.06. The summed E-state index contributed by atoms with van der Waals surface area (Å²) < 4.78 is 23.3. The van der Waals surface area contributed by atoms with Gasteiger partial charge in [-0.15, -0.1) is 0 Å². The van der Waals surface area contributed by atoms with Gasteiger partial charge in [0.05, 0.1) is 21.8 Å². The third kappa shape index (κ3) is 4.32. The molecule has 1 atom stereocenters. The van der Waals surface area contributed by atoms with Gasteiger partial charge in [0.1, 0.15) is 11.3 Å². The molecule has 8 nitrogen and oxygen atoms in total. The first-order valence-electron chi connectivity index (χ1n) is 12.1. The van der Waals surface area contributed by atoms with Crippen molar-refractivity contribution in [2.75, 3.05) is 63.6 Å². The van der Waals surface area contributed by atoms with E-state index in [-0.39, 0.29) is 22.1 Å². The van der Waals surface area contributed by atoms with Crippen molar-refractivity contribution in [2.24, 2.45) is 5.92 Å². The van der Waals surface area contributed by atoms with Gasteiger partial charge in [0, 0.05) is 55.2 Å². The molecule has 2 fully saturated rings. The third-order valence-corrected chi connectivity index (χ3v) is 8.05. The smallest absolute Gasteiger partial charge is 0.319 e. The molecule has 4 aromatic rings. The van der Waals surface area contributed by atoms with E-state index in [4.69, 9.17) is 27.1 Å². The summed E-state index contributed by atoms with van der Waals surface area (Å²) in [5.41, 5.74) is 7.61. The number of halogens is 2. The van der Waals surface area contributed by atoms with E-state index in [1.165, 1.54) is 11.3 Å². The molecule has 36 heavy (non-hydrogen) atoms. The van der Waals surface area contributed by atoms with E-state index in [1.807, 2.05) is 18.2 Å². The summed E-state index contributed by atoms with van der Waals surface area (Å²) in [6, 6.07) is 7.53. The van der Waals surface area contributed by atoms with E-state index < -0.39 is 5.82 Å². The van der Waals surface area contributed by atoms with Gasteiger partial charge in [-0.1, -0.05) is 35.1 Å². The van der Waals surface area contributed by atoms with E-state index in [2.05, 4.69) is 32.1 Å². The zero-order chi connectivity index (χ0) is 24.8. The highest BCUT2D eigenvalue weighted by atomic mass is 35.5. The zero-order valence-corrected chi connectivity index (χ0v) is 21.5. The van der Waals surface area contributed by atoms with E-state index in [1.54, 1.807) is 6.07 Å². The Labute approximate surface area is 217 Å². The summed E-state index contributed by atoms with van der Waals surface area (Å²) in [7, 11) is 2.10. The van der Waals surface area contributed by atoms with Gasteiger partial charge >= 0.3 is 6.01 Å². The molecule has 0 radical (unpaired) electrons. The van der Waals surface area contributed by atoms with Crippen molar-refractivity contribution in [1.29, 1.82) is 0 Å². The maximum absolute atomic E-state index is 16.3. The second kappa shape index (κ2) is 9.59. The number of nitrogens with one attached hydrogen (secondary N) is 1. The van der Waals surface area contributed by atoms with Crippen LogP contribution in [0.25, 0.3) is 32.2 Å². The molecule has 2 aromatic carbocycles. The maximum Gasteiger partial charge on any atom is 0.319 e. The fraction of sp³-hybridized carbons (Fsp3) is 0.400. The number of aromatic nitrogens is 3. The minimum absolute atomic E-state index is 0.189. The molecule has 11 heteroatoms. The number of benzene rings is 2. The fourth-order valence-corrected chi connectivity index (χ4v) is 6.17. The van der Waals surface area contributed by atoms with Crippen molar-refractivity contribution >= 4 is 55.0 Å². The number of ether oxygens (including phenoxy) is 1. The molecule has 0 aliphatic carbocycles. The van der Waals surface area contributed by atoms with Gasteiger partial charge in [-0.3, -0.25) is 0 Å². The lowest BCUT2D eigenvalue weighted by Gasteiger charge is -2.29. The Hall–Kier alpha value is -2.79. The highest BCUT2D eigenvalue weighted by Gasteiger charge is 2.26. The monoisotopic (exact) mass is 527 g/mol. The molecule has 6 rings (SSSR count). The molecule has 0 saturated carbocycles. The van der Waals surface area contributed by atoms with Gasteiger partial charge in [-0.05, 0) is 32.1 Å². The Morgan fingerprint density at radius 3 is 2.81 bits per heavy atom. The molecular weight excluding hydrogens is 501 g/mol. The number of anilines is 2. The average Bonchev–Trinajstić information content (AvgIpc) is 3.47.